The summed E-state index contributed by atoms with van der Waals surface area (Å²) in [5, 5.41) is 0. The van der Waals surface area contributed by atoms with Crippen molar-refractivity contribution >= 4 is 12.3 Å². The molecule has 110 valence electrons. The molecule has 0 saturated heterocycles. The molecule has 20 heavy (non-hydrogen) atoms. The third-order valence-electron chi connectivity index (χ3n) is 2.33. The van der Waals surface area contributed by atoms with Gasteiger partial charge in [-0.1, -0.05) is 0 Å². The van der Waals surface area contributed by atoms with Gasteiger partial charge in [0, 0.05) is 5.56 Å². The van der Waals surface area contributed by atoms with E-state index in [1.54, 1.807) is 0 Å². The molecule has 0 amide bonds. The number of halogens is 6. The van der Waals surface area contributed by atoms with Crippen molar-refractivity contribution in [2.75, 3.05) is 7.11 Å². The number of carbonyl (C=O) groups is 2. The Morgan fingerprint density at radius 3 is 1.90 bits per heavy atom. The van der Waals surface area contributed by atoms with Crippen molar-refractivity contribution in [2.24, 2.45) is 0 Å². The minimum Gasteiger partial charge on any atom is -0.465 e. The van der Waals surface area contributed by atoms with Gasteiger partial charge in [0.25, 0.3) is 0 Å². The van der Waals surface area contributed by atoms with Gasteiger partial charge in [0.15, 0.2) is 6.29 Å². The monoisotopic (exact) mass is 300 g/mol. The molecule has 0 heterocycles. The third kappa shape index (κ3) is 3.09. The van der Waals surface area contributed by atoms with Crippen molar-refractivity contribution in [1.29, 1.82) is 0 Å². The van der Waals surface area contributed by atoms with E-state index in [9.17, 15) is 35.9 Å². The van der Waals surface area contributed by atoms with E-state index in [1.165, 1.54) is 0 Å². The maximum Gasteiger partial charge on any atom is 0.417 e. The molecular formula is C11H6F6O3. The molecule has 0 fully saturated rings. The van der Waals surface area contributed by atoms with Crippen molar-refractivity contribution in [1.82, 2.24) is 0 Å². The molecule has 0 aromatic heterocycles. The SMILES string of the molecule is COC(=O)c1cc(C=O)c(C(F)(F)F)cc1C(F)(F)F. The van der Waals surface area contributed by atoms with Gasteiger partial charge in [0.1, 0.15) is 0 Å². The Bertz CT molecular complexity index is 544. The van der Waals surface area contributed by atoms with Gasteiger partial charge in [0.2, 0.25) is 0 Å². The van der Waals surface area contributed by atoms with Crippen molar-refractivity contribution in [3.63, 3.8) is 0 Å². The number of benzene rings is 1. The van der Waals surface area contributed by atoms with Crippen LogP contribution in [0.15, 0.2) is 12.1 Å². The van der Waals surface area contributed by atoms with E-state index in [2.05, 4.69) is 4.74 Å². The van der Waals surface area contributed by atoms with E-state index in [-0.39, 0.29) is 18.4 Å². The van der Waals surface area contributed by atoms with E-state index in [0.717, 1.165) is 7.11 Å². The van der Waals surface area contributed by atoms with Crippen LogP contribution in [0.4, 0.5) is 26.3 Å². The number of hydrogen-bond donors (Lipinski definition) is 0. The Morgan fingerprint density at radius 1 is 1.05 bits per heavy atom. The molecule has 1 aromatic carbocycles. The summed E-state index contributed by atoms with van der Waals surface area (Å²) in [5.41, 5.74) is -5.82. The van der Waals surface area contributed by atoms with Crippen molar-refractivity contribution in [3.05, 3.63) is 34.4 Å². The van der Waals surface area contributed by atoms with Gasteiger partial charge in [-0.15, -0.1) is 0 Å². The average molecular weight is 300 g/mol. The molecule has 0 radical (unpaired) electrons. The van der Waals surface area contributed by atoms with Crippen molar-refractivity contribution in [2.45, 2.75) is 12.4 Å². The summed E-state index contributed by atoms with van der Waals surface area (Å²) < 4.78 is 79.8. The minimum atomic E-state index is -5.20. The third-order valence-corrected chi connectivity index (χ3v) is 2.33. The van der Waals surface area contributed by atoms with Crippen LogP contribution in [0.1, 0.15) is 31.8 Å². The van der Waals surface area contributed by atoms with Gasteiger partial charge in [0.05, 0.1) is 23.8 Å². The number of methoxy groups -OCH3 is 1. The summed E-state index contributed by atoms with van der Waals surface area (Å²) in [6, 6.07) is -0.0690. The number of carbonyl (C=O) groups excluding carboxylic acids is 2. The van der Waals surface area contributed by atoms with E-state index in [0.29, 0.717) is 0 Å². The Hall–Kier alpha value is -2.06. The van der Waals surface area contributed by atoms with E-state index in [1.807, 2.05) is 0 Å². The first kappa shape index (κ1) is 16.0. The van der Waals surface area contributed by atoms with Crippen LogP contribution in [0.5, 0.6) is 0 Å². The molecule has 1 rings (SSSR count). The predicted octanol–water partition coefficient (Wildman–Crippen LogP) is 3.32. The molecule has 0 aliphatic carbocycles. The first-order valence-corrected chi connectivity index (χ1v) is 4.88. The van der Waals surface area contributed by atoms with Gasteiger partial charge in [-0.3, -0.25) is 4.79 Å². The second kappa shape index (κ2) is 5.14. The zero-order valence-electron chi connectivity index (χ0n) is 9.72. The lowest BCUT2D eigenvalue weighted by molar-refractivity contribution is -0.143. The fourth-order valence-electron chi connectivity index (χ4n) is 1.47. The summed E-state index contributed by atoms with van der Waals surface area (Å²) >= 11 is 0. The fraction of sp³-hybridized carbons (Fsp3) is 0.273. The fourth-order valence-corrected chi connectivity index (χ4v) is 1.47. The Labute approximate surface area is 108 Å². The van der Waals surface area contributed by atoms with Crippen LogP contribution in [0.3, 0.4) is 0 Å². The highest BCUT2D eigenvalue weighted by molar-refractivity contribution is 5.94. The smallest absolute Gasteiger partial charge is 0.417 e. The van der Waals surface area contributed by atoms with Crippen LogP contribution in [-0.4, -0.2) is 19.4 Å². The zero-order valence-corrected chi connectivity index (χ0v) is 9.72. The summed E-state index contributed by atoms with van der Waals surface area (Å²) in [6.45, 7) is 0. The van der Waals surface area contributed by atoms with Gasteiger partial charge in [-0.2, -0.15) is 26.3 Å². The maximum atomic E-state index is 12.7. The summed E-state index contributed by atoms with van der Waals surface area (Å²) in [4.78, 5) is 21.8. The van der Waals surface area contributed by atoms with Crippen LogP contribution < -0.4 is 0 Å². The Balaban J connectivity index is 3.71. The molecule has 0 aliphatic rings. The number of ether oxygens (including phenoxy) is 1. The quantitative estimate of drug-likeness (QED) is 0.478. The Morgan fingerprint density at radius 2 is 1.55 bits per heavy atom. The van der Waals surface area contributed by atoms with Crippen molar-refractivity contribution in [3.8, 4) is 0 Å². The van der Waals surface area contributed by atoms with Crippen LogP contribution in [0, 0.1) is 0 Å². The molecule has 0 aliphatic heterocycles. The lowest BCUT2D eigenvalue weighted by Crippen LogP contribution is -2.19. The number of hydrogen-bond acceptors (Lipinski definition) is 3. The number of rotatable bonds is 2. The molecule has 0 atom stereocenters. The number of aldehydes is 1. The summed E-state index contributed by atoms with van der Waals surface area (Å²) in [5.74, 6) is -1.49. The predicted molar refractivity (Wildman–Crippen MR) is 53.2 cm³/mol. The molecule has 0 spiro atoms. The van der Waals surface area contributed by atoms with Crippen molar-refractivity contribution < 1.29 is 40.7 Å². The first-order valence-electron chi connectivity index (χ1n) is 4.88. The van der Waals surface area contributed by atoms with Gasteiger partial charge >= 0.3 is 18.3 Å². The molecule has 0 saturated carbocycles. The molecule has 1 aromatic rings. The first-order chi connectivity index (χ1) is 9.02. The highest BCUT2D eigenvalue weighted by atomic mass is 19.4. The second-order valence-electron chi connectivity index (χ2n) is 3.59. The van der Waals surface area contributed by atoms with E-state index in [4.69, 9.17) is 0 Å². The largest absolute Gasteiger partial charge is 0.465 e. The van der Waals surface area contributed by atoms with Crippen LogP contribution in [0.25, 0.3) is 0 Å². The summed E-state index contributed by atoms with van der Waals surface area (Å²) in [7, 11) is 0.765. The summed E-state index contributed by atoms with van der Waals surface area (Å²) in [6.07, 6.45) is -10.6. The highest BCUT2D eigenvalue weighted by Gasteiger charge is 2.41. The number of alkyl halides is 6. The van der Waals surface area contributed by atoms with Crippen LogP contribution >= 0.6 is 0 Å². The molecule has 0 unspecified atom stereocenters. The minimum absolute atomic E-state index is 0.213. The molecule has 0 N–H and O–H groups in total. The highest BCUT2D eigenvalue weighted by Crippen LogP contribution is 2.39. The second-order valence-corrected chi connectivity index (χ2v) is 3.59. The van der Waals surface area contributed by atoms with E-state index >= 15 is 0 Å². The Kier molecular flexibility index (Phi) is 4.11. The zero-order chi connectivity index (χ0) is 15.7. The molecule has 0 bridgehead atoms. The maximum absolute atomic E-state index is 12.7. The molecule has 9 heteroatoms. The normalized spacial score (nSPS) is 12.2. The lowest BCUT2D eigenvalue weighted by atomic mass is 9.98. The molecular weight excluding hydrogens is 294 g/mol. The number of esters is 1. The molecule has 3 nitrogen and oxygen atoms in total. The van der Waals surface area contributed by atoms with Crippen LogP contribution in [-0.2, 0) is 17.1 Å². The average Bonchev–Trinajstić information content (AvgIpc) is 2.33. The van der Waals surface area contributed by atoms with Gasteiger partial charge in [-0.05, 0) is 12.1 Å². The van der Waals surface area contributed by atoms with Gasteiger partial charge < -0.3 is 4.74 Å². The van der Waals surface area contributed by atoms with E-state index < -0.39 is 40.6 Å². The van der Waals surface area contributed by atoms with Crippen LogP contribution in [0.2, 0.25) is 0 Å². The topological polar surface area (TPSA) is 43.4 Å². The standard InChI is InChI=1S/C11H6F6O3/c1-20-9(19)6-2-5(4-18)7(10(12,13)14)3-8(6)11(15,16)17/h2-4H,1H3. The van der Waals surface area contributed by atoms with Gasteiger partial charge in [-0.25, -0.2) is 4.79 Å². The lowest BCUT2D eigenvalue weighted by Gasteiger charge is -2.16.